The predicted molar refractivity (Wildman–Crippen MR) is 138 cm³/mol. The van der Waals surface area contributed by atoms with Gasteiger partial charge in [0.1, 0.15) is 0 Å². The number of nitro benzene ring substituents is 1. The Morgan fingerprint density at radius 1 is 0.919 bits per heavy atom. The Morgan fingerprint density at radius 3 is 2.16 bits per heavy atom. The third-order valence-corrected chi connectivity index (χ3v) is 5.31. The average Bonchev–Trinajstić information content (AvgIpc) is 2.91. The van der Waals surface area contributed by atoms with Crippen molar-refractivity contribution < 1.29 is 33.1 Å². The van der Waals surface area contributed by atoms with Crippen LogP contribution in [0, 0.1) is 15.9 Å². The number of nitrogens with zero attached hydrogens (tertiary/aromatic N) is 1. The number of ether oxygens (including phenoxy) is 4. The lowest BCUT2D eigenvalue weighted by atomic mass is 10.1. The van der Waals surface area contributed by atoms with Gasteiger partial charge >= 0.3 is 0 Å². The van der Waals surface area contributed by atoms with Crippen LogP contribution in [0.25, 0.3) is 12.2 Å². The molecule has 3 rings (SSSR count). The molecule has 0 aliphatic carbocycles. The fraction of sp³-hybridized carbons (Fsp3) is 0.148. The lowest BCUT2D eigenvalue weighted by molar-refractivity contribution is -0.385. The van der Waals surface area contributed by atoms with Crippen molar-refractivity contribution in [1.82, 2.24) is 0 Å². The van der Waals surface area contributed by atoms with E-state index < -0.39 is 16.5 Å². The molecule has 0 fully saturated rings. The number of nitrogens with one attached hydrogen (secondary N) is 1. The summed E-state index contributed by atoms with van der Waals surface area (Å²) in [5.41, 5.74) is 1.21. The standard InChI is InChI=1S/C27H25FN2O7/c1-34-24-16-21(29-12-11-23(31)19-7-5-6-8-22(19)30(32)33)18(15-20(24)28)10-9-17-13-25(35-2)27(37-4)26(14-17)36-3/h5-16,29H,1-4H3/b10-9-,12-11-. The average molecular weight is 509 g/mol. The molecule has 0 spiro atoms. The third-order valence-electron chi connectivity index (χ3n) is 5.31. The van der Waals surface area contributed by atoms with E-state index in [1.165, 1.54) is 65.0 Å². The molecule has 0 unspecified atom stereocenters. The first kappa shape index (κ1) is 26.7. The van der Waals surface area contributed by atoms with Crippen LogP contribution in [-0.2, 0) is 0 Å². The number of rotatable bonds is 11. The highest BCUT2D eigenvalue weighted by atomic mass is 19.1. The highest BCUT2D eigenvalue weighted by Gasteiger charge is 2.17. The zero-order chi connectivity index (χ0) is 26.9. The molecule has 0 aliphatic heterocycles. The number of nitro groups is 1. The number of halogens is 1. The van der Waals surface area contributed by atoms with Gasteiger partial charge in [-0.2, -0.15) is 0 Å². The molecule has 0 saturated heterocycles. The van der Waals surface area contributed by atoms with Gasteiger partial charge in [0.25, 0.3) is 5.69 Å². The van der Waals surface area contributed by atoms with Crippen LogP contribution in [0.1, 0.15) is 21.5 Å². The lowest BCUT2D eigenvalue weighted by Gasteiger charge is -2.13. The van der Waals surface area contributed by atoms with Gasteiger partial charge in [0, 0.05) is 35.7 Å². The van der Waals surface area contributed by atoms with E-state index in [4.69, 9.17) is 18.9 Å². The molecule has 0 bridgehead atoms. The quantitative estimate of drug-likeness (QED) is 0.115. The van der Waals surface area contributed by atoms with Crippen molar-refractivity contribution in [2.75, 3.05) is 33.8 Å². The number of hydrogen-bond donors (Lipinski definition) is 1. The van der Waals surface area contributed by atoms with Crippen LogP contribution < -0.4 is 24.3 Å². The van der Waals surface area contributed by atoms with E-state index in [2.05, 4.69) is 5.32 Å². The van der Waals surface area contributed by atoms with E-state index in [1.807, 2.05) is 0 Å². The Kier molecular flexibility index (Phi) is 8.82. The summed E-state index contributed by atoms with van der Waals surface area (Å²) in [6.07, 6.45) is 5.86. The highest BCUT2D eigenvalue weighted by molar-refractivity contribution is 6.07. The molecular weight excluding hydrogens is 483 g/mol. The van der Waals surface area contributed by atoms with Gasteiger partial charge in [-0.15, -0.1) is 0 Å². The summed E-state index contributed by atoms with van der Waals surface area (Å²) in [6.45, 7) is 0. The van der Waals surface area contributed by atoms with Gasteiger partial charge in [-0.3, -0.25) is 14.9 Å². The van der Waals surface area contributed by atoms with Crippen molar-refractivity contribution in [3.05, 3.63) is 93.4 Å². The van der Waals surface area contributed by atoms with Crippen molar-refractivity contribution in [2.24, 2.45) is 0 Å². The first-order chi connectivity index (χ1) is 17.8. The minimum Gasteiger partial charge on any atom is -0.494 e. The minimum absolute atomic E-state index is 0.00846. The van der Waals surface area contributed by atoms with Crippen molar-refractivity contribution >= 4 is 29.3 Å². The number of ketones is 1. The van der Waals surface area contributed by atoms with Crippen LogP contribution in [0.2, 0.25) is 0 Å². The maximum Gasteiger partial charge on any atom is 0.280 e. The monoisotopic (exact) mass is 508 g/mol. The number of benzene rings is 3. The number of allylic oxidation sites excluding steroid dienone is 1. The Balaban J connectivity index is 1.92. The predicted octanol–water partition coefficient (Wildman–Crippen LogP) is 5.75. The molecular formula is C27H25FN2O7. The van der Waals surface area contributed by atoms with Crippen LogP contribution >= 0.6 is 0 Å². The summed E-state index contributed by atoms with van der Waals surface area (Å²) in [6, 6.07) is 11.8. The Hall–Kier alpha value is -4.86. The number of methoxy groups -OCH3 is 4. The van der Waals surface area contributed by atoms with Crippen LogP contribution in [-0.4, -0.2) is 39.1 Å². The number of para-hydroxylation sites is 1. The third kappa shape index (κ3) is 6.23. The van der Waals surface area contributed by atoms with Gasteiger partial charge < -0.3 is 24.3 Å². The summed E-state index contributed by atoms with van der Waals surface area (Å²) in [5.74, 6) is 0.190. The van der Waals surface area contributed by atoms with Crippen molar-refractivity contribution in [2.45, 2.75) is 0 Å². The van der Waals surface area contributed by atoms with Crippen LogP contribution in [0.3, 0.4) is 0 Å². The molecule has 3 aromatic rings. The van der Waals surface area contributed by atoms with E-state index in [0.717, 1.165) is 6.08 Å². The fourth-order valence-electron chi connectivity index (χ4n) is 3.51. The van der Waals surface area contributed by atoms with Gasteiger partial charge in [-0.25, -0.2) is 4.39 Å². The summed E-state index contributed by atoms with van der Waals surface area (Å²) in [7, 11) is 5.84. The second-order valence-corrected chi connectivity index (χ2v) is 7.48. The Morgan fingerprint density at radius 2 is 1.57 bits per heavy atom. The minimum atomic E-state index is -0.620. The fourth-order valence-corrected chi connectivity index (χ4v) is 3.51. The van der Waals surface area contributed by atoms with E-state index in [1.54, 1.807) is 30.4 Å². The summed E-state index contributed by atoms with van der Waals surface area (Å²) < 4.78 is 35.7. The molecule has 10 heteroatoms. The second kappa shape index (κ2) is 12.2. The van der Waals surface area contributed by atoms with Gasteiger partial charge in [0.2, 0.25) is 5.75 Å². The van der Waals surface area contributed by atoms with Crippen molar-refractivity contribution in [3.8, 4) is 23.0 Å². The SMILES string of the molecule is COc1cc(N/C=C\C(=O)c2ccccc2[N+](=O)[O-])c(/C=C\c2cc(OC)c(OC)c(OC)c2)cc1F. The molecule has 192 valence electrons. The zero-order valence-electron chi connectivity index (χ0n) is 20.6. The van der Waals surface area contributed by atoms with Gasteiger partial charge in [0.15, 0.2) is 28.8 Å². The number of carbonyl (C=O) groups is 1. The van der Waals surface area contributed by atoms with Crippen LogP contribution in [0.5, 0.6) is 23.0 Å². The van der Waals surface area contributed by atoms with E-state index in [-0.39, 0.29) is 17.0 Å². The van der Waals surface area contributed by atoms with Gasteiger partial charge in [-0.1, -0.05) is 24.3 Å². The second-order valence-electron chi connectivity index (χ2n) is 7.48. The van der Waals surface area contributed by atoms with Crippen molar-refractivity contribution in [3.63, 3.8) is 0 Å². The van der Waals surface area contributed by atoms with Gasteiger partial charge in [-0.05, 0) is 29.8 Å². The summed E-state index contributed by atoms with van der Waals surface area (Å²) in [5, 5.41) is 14.1. The largest absolute Gasteiger partial charge is 0.494 e. The van der Waals surface area contributed by atoms with Crippen molar-refractivity contribution in [1.29, 1.82) is 0 Å². The number of hydrogen-bond acceptors (Lipinski definition) is 8. The lowest BCUT2D eigenvalue weighted by Crippen LogP contribution is -2.02. The molecule has 3 aromatic carbocycles. The maximum absolute atomic E-state index is 14.5. The molecule has 0 atom stereocenters. The van der Waals surface area contributed by atoms with E-state index in [0.29, 0.717) is 34.1 Å². The van der Waals surface area contributed by atoms with Crippen LogP contribution in [0.4, 0.5) is 15.8 Å². The summed E-state index contributed by atoms with van der Waals surface area (Å²) >= 11 is 0. The molecule has 0 radical (unpaired) electrons. The normalized spacial score (nSPS) is 10.9. The Labute approximate surface area is 212 Å². The molecule has 37 heavy (non-hydrogen) atoms. The molecule has 0 amide bonds. The first-order valence-corrected chi connectivity index (χ1v) is 10.9. The molecule has 0 aromatic heterocycles. The molecule has 0 aliphatic rings. The highest BCUT2D eigenvalue weighted by Crippen LogP contribution is 2.39. The number of carbonyl (C=O) groups excluding carboxylic acids is 1. The summed E-state index contributed by atoms with van der Waals surface area (Å²) in [4.78, 5) is 23.1. The topological polar surface area (TPSA) is 109 Å². The van der Waals surface area contributed by atoms with E-state index >= 15 is 0 Å². The first-order valence-electron chi connectivity index (χ1n) is 10.9. The maximum atomic E-state index is 14.5. The smallest absolute Gasteiger partial charge is 0.280 e. The van der Waals surface area contributed by atoms with E-state index in [9.17, 15) is 19.3 Å². The van der Waals surface area contributed by atoms with Crippen LogP contribution in [0.15, 0.2) is 60.8 Å². The molecule has 9 nitrogen and oxygen atoms in total. The van der Waals surface area contributed by atoms with Gasteiger partial charge in [0.05, 0.1) is 38.9 Å². The Bertz CT molecular complexity index is 1340. The molecule has 0 heterocycles. The zero-order valence-corrected chi connectivity index (χ0v) is 20.6. The molecule has 0 saturated carbocycles. The number of anilines is 1. The molecule has 1 N–H and O–H groups in total.